The number of thiol groups is 1. The fourth-order valence-corrected chi connectivity index (χ4v) is 3.94. The Morgan fingerprint density at radius 3 is 2.00 bits per heavy atom. The molecule has 24 heavy (non-hydrogen) atoms. The molecule has 0 saturated heterocycles. The monoisotopic (exact) mass is 344 g/mol. The standard InChI is InChI=1S/C21H28O2S/c1-6-19(18-13-12-17(23-5)14-20(18)24)21(3,7-2)15-8-10-16(22-4)11-9-15/h8-14,19,24H,6-7H2,1-5H3/t19-,21-/m1/s1. The lowest BCUT2D eigenvalue weighted by molar-refractivity contribution is 0.348. The quantitative estimate of drug-likeness (QED) is 0.635. The van der Waals surface area contributed by atoms with Crippen LogP contribution in [0.4, 0.5) is 0 Å². The normalized spacial score (nSPS) is 14.8. The minimum Gasteiger partial charge on any atom is -0.497 e. The van der Waals surface area contributed by atoms with E-state index >= 15 is 0 Å². The molecule has 0 spiro atoms. The van der Waals surface area contributed by atoms with Gasteiger partial charge in [-0.3, -0.25) is 0 Å². The van der Waals surface area contributed by atoms with Gasteiger partial charge >= 0.3 is 0 Å². The molecule has 130 valence electrons. The number of hydrogen-bond acceptors (Lipinski definition) is 3. The second-order valence-electron chi connectivity index (χ2n) is 6.39. The average Bonchev–Trinajstić information content (AvgIpc) is 2.63. The molecule has 0 fully saturated rings. The van der Waals surface area contributed by atoms with E-state index in [2.05, 4.69) is 39.0 Å². The van der Waals surface area contributed by atoms with E-state index < -0.39 is 0 Å². The summed E-state index contributed by atoms with van der Waals surface area (Å²) in [6, 6.07) is 14.7. The second-order valence-corrected chi connectivity index (χ2v) is 6.87. The van der Waals surface area contributed by atoms with Gasteiger partial charge in [-0.05, 0) is 59.6 Å². The van der Waals surface area contributed by atoms with E-state index in [1.54, 1.807) is 14.2 Å². The maximum absolute atomic E-state index is 5.32. The van der Waals surface area contributed by atoms with Crippen LogP contribution in [0.25, 0.3) is 0 Å². The van der Waals surface area contributed by atoms with Gasteiger partial charge in [0.05, 0.1) is 14.2 Å². The number of hydrogen-bond donors (Lipinski definition) is 1. The van der Waals surface area contributed by atoms with Crippen LogP contribution in [-0.2, 0) is 5.41 Å². The van der Waals surface area contributed by atoms with Crippen molar-refractivity contribution in [2.75, 3.05) is 14.2 Å². The lowest BCUT2D eigenvalue weighted by Crippen LogP contribution is -2.30. The summed E-state index contributed by atoms with van der Waals surface area (Å²) in [4.78, 5) is 0.995. The van der Waals surface area contributed by atoms with Crippen LogP contribution in [0.1, 0.15) is 50.7 Å². The number of ether oxygens (including phenoxy) is 2. The van der Waals surface area contributed by atoms with Crippen LogP contribution in [0.2, 0.25) is 0 Å². The highest BCUT2D eigenvalue weighted by Crippen LogP contribution is 2.46. The van der Waals surface area contributed by atoms with Crippen LogP contribution in [0, 0.1) is 0 Å². The first-order valence-corrected chi connectivity index (χ1v) is 8.96. The zero-order valence-electron chi connectivity index (χ0n) is 15.3. The number of methoxy groups -OCH3 is 2. The Hall–Kier alpha value is -1.61. The zero-order valence-corrected chi connectivity index (χ0v) is 16.2. The first kappa shape index (κ1) is 18.7. The molecule has 0 aromatic heterocycles. The minimum atomic E-state index is 0.0348. The molecular formula is C21H28O2S. The molecule has 0 unspecified atom stereocenters. The van der Waals surface area contributed by atoms with Gasteiger partial charge in [0.25, 0.3) is 0 Å². The molecule has 2 aromatic rings. The minimum absolute atomic E-state index is 0.0348. The first-order chi connectivity index (χ1) is 11.5. The van der Waals surface area contributed by atoms with Gasteiger partial charge in [-0.25, -0.2) is 0 Å². The van der Waals surface area contributed by atoms with Gasteiger partial charge in [-0.2, -0.15) is 0 Å². The molecule has 2 nitrogen and oxygen atoms in total. The third-order valence-corrected chi connectivity index (χ3v) is 5.66. The van der Waals surface area contributed by atoms with Crippen LogP contribution in [0.15, 0.2) is 47.4 Å². The molecule has 2 aromatic carbocycles. The van der Waals surface area contributed by atoms with Crippen molar-refractivity contribution >= 4 is 12.6 Å². The van der Waals surface area contributed by atoms with Crippen molar-refractivity contribution in [3.8, 4) is 11.5 Å². The Kier molecular flexibility index (Phi) is 6.22. The Morgan fingerprint density at radius 1 is 0.958 bits per heavy atom. The van der Waals surface area contributed by atoms with E-state index in [0.717, 1.165) is 29.2 Å². The van der Waals surface area contributed by atoms with Crippen LogP contribution in [0.3, 0.4) is 0 Å². The molecular weight excluding hydrogens is 316 g/mol. The van der Waals surface area contributed by atoms with Crippen LogP contribution in [-0.4, -0.2) is 14.2 Å². The molecule has 0 aliphatic carbocycles. The molecule has 0 aliphatic rings. The van der Waals surface area contributed by atoms with Gasteiger partial charge < -0.3 is 9.47 Å². The molecule has 2 atom stereocenters. The summed E-state index contributed by atoms with van der Waals surface area (Å²) in [5.74, 6) is 2.13. The van der Waals surface area contributed by atoms with Gasteiger partial charge in [0.15, 0.2) is 0 Å². The van der Waals surface area contributed by atoms with E-state index in [4.69, 9.17) is 22.1 Å². The third kappa shape index (κ3) is 3.56. The predicted octanol–water partition coefficient (Wildman–Crippen LogP) is 5.85. The average molecular weight is 345 g/mol. The molecule has 0 N–H and O–H groups in total. The van der Waals surface area contributed by atoms with Crippen LogP contribution < -0.4 is 9.47 Å². The maximum atomic E-state index is 5.32. The fourth-order valence-electron chi connectivity index (χ4n) is 3.58. The molecule has 0 heterocycles. The van der Waals surface area contributed by atoms with Gasteiger partial charge in [0.2, 0.25) is 0 Å². The van der Waals surface area contributed by atoms with Crippen molar-refractivity contribution in [1.29, 1.82) is 0 Å². The van der Waals surface area contributed by atoms with Gasteiger partial charge in [-0.1, -0.05) is 39.0 Å². The lowest BCUT2D eigenvalue weighted by Gasteiger charge is -2.38. The summed E-state index contributed by atoms with van der Waals surface area (Å²) in [5.41, 5.74) is 2.65. The highest BCUT2D eigenvalue weighted by atomic mass is 32.1. The Bertz CT molecular complexity index is 666. The summed E-state index contributed by atoms with van der Waals surface area (Å²) in [5, 5.41) is 0. The van der Waals surface area contributed by atoms with Crippen molar-refractivity contribution in [2.45, 2.75) is 49.8 Å². The largest absolute Gasteiger partial charge is 0.497 e. The molecule has 0 saturated carbocycles. The van der Waals surface area contributed by atoms with Crippen molar-refractivity contribution in [1.82, 2.24) is 0 Å². The van der Waals surface area contributed by atoms with Crippen LogP contribution >= 0.6 is 12.6 Å². The van der Waals surface area contributed by atoms with Crippen molar-refractivity contribution in [3.63, 3.8) is 0 Å². The van der Waals surface area contributed by atoms with Crippen molar-refractivity contribution in [2.24, 2.45) is 0 Å². The summed E-state index contributed by atoms with van der Waals surface area (Å²) >= 11 is 4.73. The molecule has 0 radical (unpaired) electrons. The predicted molar refractivity (Wildman–Crippen MR) is 104 cm³/mol. The van der Waals surface area contributed by atoms with Gasteiger partial charge in [0, 0.05) is 4.90 Å². The van der Waals surface area contributed by atoms with E-state index in [1.165, 1.54) is 11.1 Å². The van der Waals surface area contributed by atoms with E-state index in [1.807, 2.05) is 24.3 Å². The van der Waals surface area contributed by atoms with E-state index in [0.29, 0.717) is 5.92 Å². The van der Waals surface area contributed by atoms with E-state index in [-0.39, 0.29) is 5.41 Å². The molecule has 0 amide bonds. The van der Waals surface area contributed by atoms with Crippen molar-refractivity contribution in [3.05, 3.63) is 53.6 Å². The van der Waals surface area contributed by atoms with Gasteiger partial charge in [0.1, 0.15) is 11.5 Å². The van der Waals surface area contributed by atoms with Crippen molar-refractivity contribution < 1.29 is 9.47 Å². The summed E-state index contributed by atoms with van der Waals surface area (Å²) < 4.78 is 10.6. The molecule has 3 heteroatoms. The first-order valence-electron chi connectivity index (χ1n) is 8.51. The van der Waals surface area contributed by atoms with Gasteiger partial charge in [-0.15, -0.1) is 12.6 Å². The Balaban J connectivity index is 2.47. The Labute approximate surface area is 151 Å². The molecule has 2 rings (SSSR count). The third-order valence-electron chi connectivity index (χ3n) is 5.27. The summed E-state index contributed by atoms with van der Waals surface area (Å²) in [6.07, 6.45) is 2.10. The molecule has 0 bridgehead atoms. The van der Waals surface area contributed by atoms with Crippen LogP contribution in [0.5, 0.6) is 11.5 Å². The Morgan fingerprint density at radius 2 is 1.54 bits per heavy atom. The zero-order chi connectivity index (χ0) is 17.7. The SMILES string of the molecule is CC[C@H](c1ccc(OC)cc1S)[C@](C)(CC)c1ccc(OC)cc1. The number of rotatable bonds is 7. The topological polar surface area (TPSA) is 18.5 Å². The number of benzene rings is 2. The summed E-state index contributed by atoms with van der Waals surface area (Å²) in [6.45, 7) is 6.86. The van der Waals surface area contributed by atoms with E-state index in [9.17, 15) is 0 Å². The summed E-state index contributed by atoms with van der Waals surface area (Å²) in [7, 11) is 3.39. The lowest BCUT2D eigenvalue weighted by atomic mass is 9.66. The maximum Gasteiger partial charge on any atom is 0.119 e. The highest BCUT2D eigenvalue weighted by Gasteiger charge is 2.35. The molecule has 0 aliphatic heterocycles. The smallest absolute Gasteiger partial charge is 0.119 e. The highest BCUT2D eigenvalue weighted by molar-refractivity contribution is 7.80. The second kappa shape index (κ2) is 7.98. The fraction of sp³-hybridized carbons (Fsp3) is 0.429.